The molecule has 1 atom stereocenters. The van der Waals surface area contributed by atoms with Gasteiger partial charge in [0.2, 0.25) is 10.0 Å². The van der Waals surface area contributed by atoms with Gasteiger partial charge < -0.3 is 0 Å². The van der Waals surface area contributed by atoms with Crippen molar-refractivity contribution in [3.8, 4) is 0 Å². The zero-order chi connectivity index (χ0) is 11.5. The second-order valence-electron chi connectivity index (χ2n) is 3.41. The van der Waals surface area contributed by atoms with E-state index in [2.05, 4.69) is 11.3 Å². The summed E-state index contributed by atoms with van der Waals surface area (Å²) in [6.07, 6.45) is 1.55. The Morgan fingerprint density at radius 3 is 2.53 bits per heavy atom. The van der Waals surface area contributed by atoms with Crippen LogP contribution in [0.25, 0.3) is 0 Å². The quantitative estimate of drug-likeness (QED) is 0.795. The highest BCUT2D eigenvalue weighted by Gasteiger charge is 2.17. The molecule has 1 aromatic carbocycles. The van der Waals surface area contributed by atoms with Crippen molar-refractivity contribution >= 4 is 10.0 Å². The average molecular weight is 225 g/mol. The summed E-state index contributed by atoms with van der Waals surface area (Å²) in [4.78, 5) is 0.318. The minimum atomic E-state index is -3.42. The van der Waals surface area contributed by atoms with E-state index >= 15 is 0 Å². The molecule has 0 spiro atoms. The molecule has 0 bridgehead atoms. The maximum Gasteiger partial charge on any atom is 0.241 e. The number of benzene rings is 1. The zero-order valence-electron chi connectivity index (χ0n) is 8.90. The Morgan fingerprint density at radius 1 is 1.40 bits per heavy atom. The summed E-state index contributed by atoms with van der Waals surface area (Å²) in [6.45, 7) is 7.04. The van der Waals surface area contributed by atoms with Gasteiger partial charge in [0.05, 0.1) is 4.90 Å². The fraction of sp³-hybridized carbons (Fsp3) is 0.273. The normalized spacial score (nSPS) is 13.5. The molecule has 0 heterocycles. The predicted octanol–water partition coefficient (Wildman–Crippen LogP) is 1.85. The van der Waals surface area contributed by atoms with Crippen LogP contribution in [0.15, 0.2) is 41.8 Å². The first-order chi connectivity index (χ1) is 6.97. The fourth-order valence-corrected chi connectivity index (χ4v) is 2.68. The summed E-state index contributed by atoms with van der Waals surface area (Å²) in [6, 6.07) is 6.61. The van der Waals surface area contributed by atoms with E-state index in [4.69, 9.17) is 0 Å². The molecule has 4 heteroatoms. The maximum absolute atomic E-state index is 11.9. The lowest BCUT2D eigenvalue weighted by Crippen LogP contribution is -2.31. The van der Waals surface area contributed by atoms with Crippen LogP contribution in [-0.2, 0) is 10.0 Å². The zero-order valence-corrected chi connectivity index (χ0v) is 9.71. The summed E-state index contributed by atoms with van der Waals surface area (Å²) in [5, 5.41) is 0. The van der Waals surface area contributed by atoms with E-state index in [1.807, 2.05) is 6.07 Å². The third-order valence-electron chi connectivity index (χ3n) is 2.08. The first-order valence-corrected chi connectivity index (χ1v) is 6.16. The van der Waals surface area contributed by atoms with E-state index < -0.39 is 10.0 Å². The van der Waals surface area contributed by atoms with E-state index in [1.165, 1.54) is 0 Å². The van der Waals surface area contributed by atoms with Gasteiger partial charge >= 0.3 is 0 Å². The van der Waals surface area contributed by atoms with E-state index in [-0.39, 0.29) is 6.04 Å². The van der Waals surface area contributed by atoms with Crippen LogP contribution >= 0.6 is 0 Å². The van der Waals surface area contributed by atoms with Crippen molar-refractivity contribution in [2.45, 2.75) is 24.8 Å². The lowest BCUT2D eigenvalue weighted by molar-refractivity contribution is 0.575. The van der Waals surface area contributed by atoms with Gasteiger partial charge in [-0.1, -0.05) is 24.3 Å². The molecule has 3 nitrogen and oxygen atoms in total. The van der Waals surface area contributed by atoms with Gasteiger partial charge in [0.25, 0.3) is 0 Å². The van der Waals surface area contributed by atoms with Gasteiger partial charge in [-0.15, -0.1) is 6.58 Å². The Kier molecular flexibility index (Phi) is 3.66. The van der Waals surface area contributed by atoms with Crippen molar-refractivity contribution in [1.29, 1.82) is 0 Å². The number of sulfonamides is 1. The maximum atomic E-state index is 11.9. The molecule has 1 aromatic rings. The van der Waals surface area contributed by atoms with Gasteiger partial charge in [0.1, 0.15) is 0 Å². The smallest absolute Gasteiger partial charge is 0.207 e. The average Bonchev–Trinajstić information content (AvgIpc) is 2.17. The molecule has 1 unspecified atom stereocenters. The lowest BCUT2D eigenvalue weighted by Gasteiger charge is -2.11. The Hall–Kier alpha value is -1.13. The molecule has 0 fully saturated rings. The second-order valence-corrected chi connectivity index (χ2v) is 5.09. The fourth-order valence-electron chi connectivity index (χ4n) is 1.21. The number of nitrogens with one attached hydrogen (secondary N) is 1. The van der Waals surface area contributed by atoms with Gasteiger partial charge in [0.15, 0.2) is 0 Å². The minimum Gasteiger partial charge on any atom is -0.207 e. The lowest BCUT2D eigenvalue weighted by atomic mass is 10.2. The van der Waals surface area contributed by atoms with Crippen LogP contribution in [0.4, 0.5) is 0 Å². The first kappa shape index (κ1) is 11.9. The molecular weight excluding hydrogens is 210 g/mol. The molecular formula is C11H15NO2S. The molecule has 0 aliphatic rings. The van der Waals surface area contributed by atoms with Crippen LogP contribution < -0.4 is 4.72 Å². The van der Waals surface area contributed by atoms with E-state index in [9.17, 15) is 8.42 Å². The summed E-state index contributed by atoms with van der Waals surface area (Å²) < 4.78 is 26.2. The summed E-state index contributed by atoms with van der Waals surface area (Å²) in [7, 11) is -3.42. The largest absolute Gasteiger partial charge is 0.241 e. The molecule has 0 aliphatic carbocycles. The van der Waals surface area contributed by atoms with Crippen LogP contribution in [-0.4, -0.2) is 14.5 Å². The predicted molar refractivity (Wildman–Crippen MR) is 61.2 cm³/mol. The molecule has 0 radical (unpaired) electrons. The van der Waals surface area contributed by atoms with Crippen molar-refractivity contribution in [1.82, 2.24) is 4.72 Å². The topological polar surface area (TPSA) is 46.2 Å². The molecule has 0 saturated heterocycles. The van der Waals surface area contributed by atoms with Gasteiger partial charge in [-0.3, -0.25) is 0 Å². The highest BCUT2D eigenvalue weighted by atomic mass is 32.2. The molecule has 0 saturated carbocycles. The second kappa shape index (κ2) is 4.59. The summed E-state index contributed by atoms with van der Waals surface area (Å²) in [5.41, 5.74) is 0.737. The van der Waals surface area contributed by atoms with Crippen LogP contribution in [0.1, 0.15) is 12.5 Å². The van der Waals surface area contributed by atoms with Crippen LogP contribution in [0.3, 0.4) is 0 Å². The summed E-state index contributed by atoms with van der Waals surface area (Å²) >= 11 is 0. The van der Waals surface area contributed by atoms with Crippen molar-refractivity contribution < 1.29 is 8.42 Å². The highest BCUT2D eigenvalue weighted by Crippen LogP contribution is 2.14. The molecule has 1 N–H and O–H groups in total. The van der Waals surface area contributed by atoms with Gasteiger partial charge in [-0.05, 0) is 25.5 Å². The van der Waals surface area contributed by atoms with Crippen molar-refractivity contribution in [3.63, 3.8) is 0 Å². The molecule has 15 heavy (non-hydrogen) atoms. The molecule has 82 valence electrons. The Morgan fingerprint density at radius 2 is 2.00 bits per heavy atom. The van der Waals surface area contributed by atoms with Gasteiger partial charge in [-0.25, -0.2) is 13.1 Å². The van der Waals surface area contributed by atoms with Gasteiger partial charge in [0, 0.05) is 6.04 Å². The Bertz CT molecular complexity index is 451. The number of aryl methyl sites for hydroxylation is 1. The van der Waals surface area contributed by atoms with Crippen molar-refractivity contribution in [3.05, 3.63) is 42.5 Å². The molecule has 0 amide bonds. The molecule has 0 aromatic heterocycles. The third kappa shape index (κ3) is 2.91. The van der Waals surface area contributed by atoms with Crippen LogP contribution in [0.5, 0.6) is 0 Å². The molecule has 0 aliphatic heterocycles. The number of hydrogen-bond acceptors (Lipinski definition) is 2. The third-order valence-corrected chi connectivity index (χ3v) is 3.80. The number of hydrogen-bond donors (Lipinski definition) is 1. The van der Waals surface area contributed by atoms with Crippen LogP contribution in [0.2, 0.25) is 0 Å². The Labute approximate surface area is 90.9 Å². The SMILES string of the molecule is C=CC(C)NS(=O)(=O)c1ccccc1C. The van der Waals surface area contributed by atoms with E-state index in [1.54, 1.807) is 38.1 Å². The monoisotopic (exact) mass is 225 g/mol. The van der Waals surface area contributed by atoms with Gasteiger partial charge in [-0.2, -0.15) is 0 Å². The van der Waals surface area contributed by atoms with Crippen LogP contribution in [0, 0.1) is 6.92 Å². The first-order valence-electron chi connectivity index (χ1n) is 4.68. The van der Waals surface area contributed by atoms with Crippen molar-refractivity contribution in [2.75, 3.05) is 0 Å². The molecule has 1 rings (SSSR count). The number of rotatable bonds is 4. The highest BCUT2D eigenvalue weighted by molar-refractivity contribution is 7.89. The summed E-state index contributed by atoms with van der Waals surface area (Å²) in [5.74, 6) is 0. The van der Waals surface area contributed by atoms with Crippen molar-refractivity contribution in [2.24, 2.45) is 0 Å². The van der Waals surface area contributed by atoms with E-state index in [0.29, 0.717) is 4.90 Å². The minimum absolute atomic E-state index is 0.269. The van der Waals surface area contributed by atoms with E-state index in [0.717, 1.165) is 5.56 Å². The Balaban J connectivity index is 3.07. The standard InChI is InChI=1S/C11H15NO2S/c1-4-10(3)12-15(13,14)11-8-6-5-7-9(11)2/h4-8,10,12H,1H2,2-3H3.